The van der Waals surface area contributed by atoms with Crippen LogP contribution in [0.4, 0.5) is 0 Å². The normalized spacial score (nSPS) is 32.7. The van der Waals surface area contributed by atoms with E-state index in [9.17, 15) is 0 Å². The summed E-state index contributed by atoms with van der Waals surface area (Å²) in [6.07, 6.45) is 8.79. The molecule has 2 saturated heterocycles. The fourth-order valence-corrected chi connectivity index (χ4v) is 3.71. The van der Waals surface area contributed by atoms with Crippen LogP contribution in [0.2, 0.25) is 0 Å². The molecule has 1 N–H and O–H groups in total. The molecule has 0 saturated carbocycles. The summed E-state index contributed by atoms with van der Waals surface area (Å²) >= 11 is 0. The molecule has 2 fully saturated rings. The van der Waals surface area contributed by atoms with Gasteiger partial charge in [0.1, 0.15) is 0 Å². The van der Waals surface area contributed by atoms with Gasteiger partial charge < -0.3 is 5.32 Å². The number of nitrogens with one attached hydrogen (secondary N) is 1. The van der Waals surface area contributed by atoms with Gasteiger partial charge in [-0.15, -0.1) is 0 Å². The minimum Gasteiger partial charge on any atom is -0.317 e. The van der Waals surface area contributed by atoms with Crippen LogP contribution < -0.4 is 5.32 Å². The summed E-state index contributed by atoms with van der Waals surface area (Å²) in [5.74, 6) is 0. The third-order valence-corrected chi connectivity index (χ3v) is 4.65. The van der Waals surface area contributed by atoms with E-state index in [1.54, 1.807) is 0 Å². The van der Waals surface area contributed by atoms with Gasteiger partial charge in [-0.25, -0.2) is 0 Å². The average Bonchev–Trinajstić information content (AvgIpc) is 2.74. The Balaban J connectivity index is 1.71. The number of rotatable bonds is 3. The average molecular weight is 248 g/mol. The van der Waals surface area contributed by atoms with Gasteiger partial charge in [0.05, 0.1) is 5.69 Å². The molecule has 1 aromatic rings. The predicted molar refractivity (Wildman–Crippen MR) is 72.3 cm³/mol. The summed E-state index contributed by atoms with van der Waals surface area (Å²) in [4.78, 5) is 2.71. The van der Waals surface area contributed by atoms with Crippen LogP contribution in [0.3, 0.4) is 0 Å². The Hall–Kier alpha value is -0.870. The molecule has 0 amide bonds. The first-order valence-corrected chi connectivity index (χ1v) is 7.18. The molecule has 4 heteroatoms. The summed E-state index contributed by atoms with van der Waals surface area (Å²) in [6.45, 7) is 1.03. The van der Waals surface area contributed by atoms with Crippen molar-refractivity contribution < 1.29 is 0 Å². The number of aromatic nitrogens is 2. The first kappa shape index (κ1) is 12.2. The van der Waals surface area contributed by atoms with E-state index in [1.165, 1.54) is 37.8 Å². The molecule has 0 radical (unpaired) electrons. The summed E-state index contributed by atoms with van der Waals surface area (Å²) in [6, 6.07) is 4.40. The van der Waals surface area contributed by atoms with Crippen molar-refractivity contribution in [2.45, 2.75) is 56.8 Å². The first-order chi connectivity index (χ1) is 8.76. The Kier molecular flexibility index (Phi) is 3.39. The highest BCUT2D eigenvalue weighted by molar-refractivity contribution is 5.03. The zero-order chi connectivity index (χ0) is 12.5. The molecule has 2 atom stereocenters. The molecule has 2 aliphatic rings. The van der Waals surface area contributed by atoms with Crippen LogP contribution in [0.5, 0.6) is 0 Å². The van der Waals surface area contributed by atoms with Crippen molar-refractivity contribution in [1.82, 2.24) is 20.0 Å². The van der Waals surface area contributed by atoms with Crippen LogP contribution in [-0.4, -0.2) is 39.9 Å². The standard InChI is InChI=1S/C14H24N4/c1-15-12-8-13-4-3-5-14(9-12)18(13)10-11-6-7-17(2)16-11/h6-7,12-15H,3-5,8-10H2,1-2H3. The maximum Gasteiger partial charge on any atom is 0.0764 e. The second-order valence-electron chi connectivity index (χ2n) is 5.85. The molecular weight excluding hydrogens is 224 g/mol. The Morgan fingerprint density at radius 2 is 2.06 bits per heavy atom. The van der Waals surface area contributed by atoms with Gasteiger partial charge in [-0.1, -0.05) is 6.42 Å². The Labute approximate surface area is 109 Å². The van der Waals surface area contributed by atoms with Crippen molar-refractivity contribution in [2.24, 2.45) is 7.05 Å². The van der Waals surface area contributed by atoms with Gasteiger partial charge >= 0.3 is 0 Å². The molecular formula is C14H24N4. The number of nitrogens with zero attached hydrogens (tertiary/aromatic N) is 3. The maximum absolute atomic E-state index is 4.53. The van der Waals surface area contributed by atoms with Crippen LogP contribution in [-0.2, 0) is 13.6 Å². The maximum atomic E-state index is 4.53. The molecule has 1 aromatic heterocycles. The fourth-order valence-electron chi connectivity index (χ4n) is 3.71. The Bertz CT molecular complexity index is 386. The van der Waals surface area contributed by atoms with Crippen LogP contribution in [0.25, 0.3) is 0 Å². The number of aryl methyl sites for hydroxylation is 1. The zero-order valence-corrected chi connectivity index (χ0v) is 11.5. The second-order valence-corrected chi connectivity index (χ2v) is 5.85. The smallest absolute Gasteiger partial charge is 0.0764 e. The van der Waals surface area contributed by atoms with Gasteiger partial charge in [-0.3, -0.25) is 9.58 Å². The van der Waals surface area contributed by atoms with Crippen LogP contribution in [0, 0.1) is 0 Å². The number of fused-ring (bicyclic) bond motifs is 2. The minimum atomic E-state index is 0.722. The van der Waals surface area contributed by atoms with E-state index in [-0.39, 0.29) is 0 Å². The van der Waals surface area contributed by atoms with Crippen molar-refractivity contribution in [3.8, 4) is 0 Å². The van der Waals surface area contributed by atoms with Gasteiger partial charge in [-0.2, -0.15) is 5.10 Å². The van der Waals surface area contributed by atoms with Crippen LogP contribution in [0.15, 0.2) is 12.3 Å². The highest BCUT2D eigenvalue weighted by Gasteiger charge is 2.37. The van der Waals surface area contributed by atoms with Gasteiger partial charge in [0.25, 0.3) is 0 Å². The van der Waals surface area contributed by atoms with E-state index in [0.29, 0.717) is 0 Å². The van der Waals surface area contributed by atoms with E-state index in [0.717, 1.165) is 24.7 Å². The number of hydrogen-bond acceptors (Lipinski definition) is 3. The molecule has 3 rings (SSSR count). The zero-order valence-electron chi connectivity index (χ0n) is 11.5. The lowest BCUT2D eigenvalue weighted by molar-refractivity contribution is 0.0180. The van der Waals surface area contributed by atoms with Crippen molar-refractivity contribution in [3.63, 3.8) is 0 Å². The van der Waals surface area contributed by atoms with Crippen molar-refractivity contribution in [2.75, 3.05) is 7.05 Å². The number of piperidine rings is 2. The van der Waals surface area contributed by atoms with Gasteiger partial charge in [0, 0.05) is 37.9 Å². The van der Waals surface area contributed by atoms with Crippen molar-refractivity contribution in [1.29, 1.82) is 0 Å². The van der Waals surface area contributed by atoms with Gasteiger partial charge in [0.2, 0.25) is 0 Å². The third-order valence-electron chi connectivity index (χ3n) is 4.65. The van der Waals surface area contributed by atoms with E-state index in [2.05, 4.69) is 28.4 Å². The summed E-state index contributed by atoms with van der Waals surface area (Å²) in [5, 5.41) is 8.01. The van der Waals surface area contributed by atoms with E-state index < -0.39 is 0 Å². The monoisotopic (exact) mass is 248 g/mol. The molecule has 2 unspecified atom stereocenters. The van der Waals surface area contributed by atoms with Gasteiger partial charge in [0.15, 0.2) is 0 Å². The molecule has 18 heavy (non-hydrogen) atoms. The minimum absolute atomic E-state index is 0.722. The molecule has 4 nitrogen and oxygen atoms in total. The molecule has 0 aliphatic carbocycles. The molecule has 3 heterocycles. The Morgan fingerprint density at radius 1 is 1.33 bits per heavy atom. The topological polar surface area (TPSA) is 33.1 Å². The lowest BCUT2D eigenvalue weighted by Crippen LogP contribution is -2.55. The molecule has 0 aromatic carbocycles. The van der Waals surface area contributed by atoms with E-state index in [1.807, 2.05) is 17.9 Å². The SMILES string of the molecule is CNC1CC2CCCC(C1)N2Cc1ccn(C)n1. The molecule has 0 spiro atoms. The summed E-state index contributed by atoms with van der Waals surface area (Å²) < 4.78 is 1.91. The highest BCUT2D eigenvalue weighted by Crippen LogP contribution is 2.34. The first-order valence-electron chi connectivity index (χ1n) is 7.18. The van der Waals surface area contributed by atoms with Crippen molar-refractivity contribution >= 4 is 0 Å². The highest BCUT2D eigenvalue weighted by atomic mass is 15.3. The van der Waals surface area contributed by atoms with Crippen molar-refractivity contribution in [3.05, 3.63) is 18.0 Å². The number of hydrogen-bond donors (Lipinski definition) is 1. The fraction of sp³-hybridized carbons (Fsp3) is 0.786. The summed E-state index contributed by atoms with van der Waals surface area (Å²) in [7, 11) is 4.10. The van der Waals surface area contributed by atoms with E-state index in [4.69, 9.17) is 0 Å². The summed E-state index contributed by atoms with van der Waals surface area (Å²) in [5.41, 5.74) is 1.22. The molecule has 2 aliphatic heterocycles. The van der Waals surface area contributed by atoms with E-state index >= 15 is 0 Å². The third kappa shape index (κ3) is 2.31. The molecule has 100 valence electrons. The quantitative estimate of drug-likeness (QED) is 0.880. The second kappa shape index (κ2) is 5.02. The predicted octanol–water partition coefficient (Wildman–Crippen LogP) is 1.52. The Morgan fingerprint density at radius 3 is 2.61 bits per heavy atom. The van der Waals surface area contributed by atoms with Gasteiger partial charge in [-0.05, 0) is 38.8 Å². The van der Waals surface area contributed by atoms with Crippen LogP contribution in [0.1, 0.15) is 37.8 Å². The lowest BCUT2D eigenvalue weighted by atomic mass is 9.81. The molecule has 2 bridgehead atoms. The largest absolute Gasteiger partial charge is 0.317 e. The van der Waals surface area contributed by atoms with Crippen LogP contribution >= 0.6 is 0 Å². The lowest BCUT2D eigenvalue weighted by Gasteiger charge is -2.48.